The molecule has 1 saturated carbocycles. The number of ether oxygens (including phenoxy) is 1. The van der Waals surface area contributed by atoms with Gasteiger partial charge in [-0.2, -0.15) is 0 Å². The van der Waals surface area contributed by atoms with Crippen molar-refractivity contribution in [3.05, 3.63) is 24.3 Å². The summed E-state index contributed by atoms with van der Waals surface area (Å²) >= 11 is 0. The monoisotopic (exact) mass is 345 g/mol. The molecule has 2 aliphatic rings. The molecule has 3 amide bonds. The Morgan fingerprint density at radius 1 is 1.12 bits per heavy atom. The number of amides is 3. The summed E-state index contributed by atoms with van der Waals surface area (Å²) in [6, 6.07) is 6.99. The third-order valence-corrected chi connectivity index (χ3v) is 4.93. The fourth-order valence-corrected chi connectivity index (χ4v) is 3.65. The molecule has 6 nitrogen and oxygen atoms in total. The van der Waals surface area contributed by atoms with E-state index in [4.69, 9.17) is 4.74 Å². The number of hydrogen-bond acceptors (Lipinski definition) is 3. The van der Waals surface area contributed by atoms with Gasteiger partial charge in [0, 0.05) is 18.3 Å². The molecule has 1 aromatic carbocycles. The van der Waals surface area contributed by atoms with E-state index < -0.39 is 0 Å². The van der Waals surface area contributed by atoms with Crippen molar-refractivity contribution in [2.75, 3.05) is 18.5 Å². The number of likely N-dealkylation sites (tertiary alicyclic amines) is 1. The van der Waals surface area contributed by atoms with E-state index in [-0.39, 0.29) is 24.0 Å². The minimum Gasteiger partial charge on any atom is -0.494 e. The molecule has 1 heterocycles. The van der Waals surface area contributed by atoms with Crippen molar-refractivity contribution in [1.29, 1.82) is 0 Å². The standard InChI is InChI=1S/C19H27N3O3/c1-2-25-16-11-9-15(10-12-16)21-19(24)22-13-5-8-17(22)18(23)20-14-6-3-4-7-14/h9-12,14,17H,2-8,13H2,1H3,(H,20,23)(H,21,24)/t17-/m1/s1. The summed E-state index contributed by atoms with van der Waals surface area (Å²) in [5.41, 5.74) is 0.704. The molecule has 25 heavy (non-hydrogen) atoms. The van der Waals surface area contributed by atoms with Gasteiger partial charge in [0.15, 0.2) is 0 Å². The Balaban J connectivity index is 1.57. The van der Waals surface area contributed by atoms with Crippen LogP contribution in [0.25, 0.3) is 0 Å². The van der Waals surface area contributed by atoms with Crippen LogP contribution < -0.4 is 15.4 Å². The highest BCUT2D eigenvalue weighted by atomic mass is 16.5. The van der Waals surface area contributed by atoms with E-state index in [9.17, 15) is 9.59 Å². The normalized spacial score (nSPS) is 20.5. The van der Waals surface area contributed by atoms with Gasteiger partial charge < -0.3 is 20.3 Å². The second kappa shape index (κ2) is 8.23. The van der Waals surface area contributed by atoms with Gasteiger partial charge in [-0.3, -0.25) is 4.79 Å². The molecule has 1 atom stereocenters. The van der Waals surface area contributed by atoms with Crippen molar-refractivity contribution in [2.45, 2.75) is 57.5 Å². The molecule has 1 aliphatic heterocycles. The zero-order chi connectivity index (χ0) is 17.6. The maximum atomic E-state index is 12.6. The fourth-order valence-electron chi connectivity index (χ4n) is 3.65. The van der Waals surface area contributed by atoms with Gasteiger partial charge in [0.1, 0.15) is 11.8 Å². The summed E-state index contributed by atoms with van der Waals surface area (Å²) in [6.07, 6.45) is 6.05. The molecule has 1 aromatic rings. The second-order valence-corrected chi connectivity index (χ2v) is 6.73. The molecular weight excluding hydrogens is 318 g/mol. The molecule has 2 fully saturated rings. The average molecular weight is 345 g/mol. The maximum Gasteiger partial charge on any atom is 0.322 e. The number of anilines is 1. The smallest absolute Gasteiger partial charge is 0.322 e. The predicted molar refractivity (Wildman–Crippen MR) is 96.8 cm³/mol. The van der Waals surface area contributed by atoms with Crippen LogP contribution in [0.5, 0.6) is 5.75 Å². The van der Waals surface area contributed by atoms with E-state index in [1.54, 1.807) is 4.90 Å². The average Bonchev–Trinajstić information content (AvgIpc) is 3.28. The Bertz CT molecular complexity index is 596. The Hall–Kier alpha value is -2.24. The first-order valence-electron chi connectivity index (χ1n) is 9.28. The predicted octanol–water partition coefficient (Wildman–Crippen LogP) is 3.14. The van der Waals surface area contributed by atoms with Gasteiger partial charge in [-0.25, -0.2) is 4.79 Å². The first kappa shape index (κ1) is 17.6. The van der Waals surface area contributed by atoms with Gasteiger partial charge in [0.25, 0.3) is 0 Å². The summed E-state index contributed by atoms with van der Waals surface area (Å²) in [5, 5.41) is 6.00. The molecule has 0 spiro atoms. The van der Waals surface area contributed by atoms with Gasteiger partial charge in [-0.1, -0.05) is 12.8 Å². The SMILES string of the molecule is CCOc1ccc(NC(=O)N2CCC[C@@H]2C(=O)NC2CCCC2)cc1. The van der Waals surface area contributed by atoms with Crippen LogP contribution >= 0.6 is 0 Å². The van der Waals surface area contributed by atoms with Crippen LogP contribution in [0.1, 0.15) is 45.4 Å². The largest absolute Gasteiger partial charge is 0.494 e. The molecule has 136 valence electrons. The highest BCUT2D eigenvalue weighted by Gasteiger charge is 2.35. The Kier molecular flexibility index (Phi) is 5.79. The summed E-state index contributed by atoms with van der Waals surface area (Å²) < 4.78 is 5.40. The Labute approximate surface area is 148 Å². The van der Waals surface area contributed by atoms with Gasteiger partial charge in [0.05, 0.1) is 6.61 Å². The number of nitrogens with zero attached hydrogens (tertiary/aromatic N) is 1. The zero-order valence-electron chi connectivity index (χ0n) is 14.8. The molecule has 2 N–H and O–H groups in total. The first-order valence-corrected chi connectivity index (χ1v) is 9.28. The lowest BCUT2D eigenvalue weighted by molar-refractivity contribution is -0.125. The highest BCUT2D eigenvalue weighted by Crippen LogP contribution is 2.23. The van der Waals surface area contributed by atoms with E-state index in [1.165, 1.54) is 12.8 Å². The van der Waals surface area contributed by atoms with E-state index in [0.29, 0.717) is 18.8 Å². The van der Waals surface area contributed by atoms with Crippen molar-refractivity contribution < 1.29 is 14.3 Å². The molecule has 6 heteroatoms. The fraction of sp³-hybridized carbons (Fsp3) is 0.579. The van der Waals surface area contributed by atoms with Crippen LogP contribution in [0.4, 0.5) is 10.5 Å². The molecule has 3 rings (SSSR count). The minimum absolute atomic E-state index is 0.00811. The lowest BCUT2D eigenvalue weighted by Gasteiger charge is -2.25. The Morgan fingerprint density at radius 2 is 1.84 bits per heavy atom. The highest BCUT2D eigenvalue weighted by molar-refractivity contribution is 5.94. The maximum absolute atomic E-state index is 12.6. The van der Waals surface area contributed by atoms with Gasteiger partial charge in [0.2, 0.25) is 5.91 Å². The van der Waals surface area contributed by atoms with Crippen molar-refractivity contribution in [3.63, 3.8) is 0 Å². The second-order valence-electron chi connectivity index (χ2n) is 6.73. The summed E-state index contributed by atoms with van der Waals surface area (Å²) in [7, 11) is 0. The van der Waals surface area contributed by atoms with Crippen LogP contribution in [-0.4, -0.2) is 42.1 Å². The molecule has 0 aromatic heterocycles. The molecular formula is C19H27N3O3. The summed E-state index contributed by atoms with van der Waals surface area (Å²) in [4.78, 5) is 26.8. The molecule has 0 radical (unpaired) electrons. The number of nitrogens with one attached hydrogen (secondary N) is 2. The van der Waals surface area contributed by atoms with Crippen molar-refractivity contribution in [3.8, 4) is 5.75 Å². The first-order chi connectivity index (χ1) is 12.2. The van der Waals surface area contributed by atoms with Gasteiger partial charge in [-0.05, 0) is 56.9 Å². The zero-order valence-corrected chi connectivity index (χ0v) is 14.8. The van der Waals surface area contributed by atoms with Crippen LogP contribution in [0.15, 0.2) is 24.3 Å². The lowest BCUT2D eigenvalue weighted by Crippen LogP contribution is -2.49. The third-order valence-electron chi connectivity index (χ3n) is 4.93. The van der Waals surface area contributed by atoms with Crippen molar-refractivity contribution in [1.82, 2.24) is 10.2 Å². The summed E-state index contributed by atoms with van der Waals surface area (Å²) in [6.45, 7) is 3.16. The minimum atomic E-state index is -0.358. The van der Waals surface area contributed by atoms with Crippen molar-refractivity contribution in [2.24, 2.45) is 0 Å². The van der Waals surface area contributed by atoms with E-state index >= 15 is 0 Å². The van der Waals surface area contributed by atoms with Crippen LogP contribution in [0.2, 0.25) is 0 Å². The number of hydrogen-bond donors (Lipinski definition) is 2. The lowest BCUT2D eigenvalue weighted by atomic mass is 10.1. The number of urea groups is 1. The van der Waals surface area contributed by atoms with Crippen LogP contribution in [0.3, 0.4) is 0 Å². The van der Waals surface area contributed by atoms with E-state index in [2.05, 4.69) is 10.6 Å². The van der Waals surface area contributed by atoms with Crippen LogP contribution in [0, 0.1) is 0 Å². The molecule has 0 bridgehead atoms. The third kappa shape index (κ3) is 4.44. The van der Waals surface area contributed by atoms with E-state index in [1.807, 2.05) is 31.2 Å². The number of benzene rings is 1. The summed E-state index contributed by atoms with van der Waals surface area (Å²) in [5.74, 6) is 0.765. The topological polar surface area (TPSA) is 70.7 Å². The van der Waals surface area contributed by atoms with Crippen LogP contribution in [-0.2, 0) is 4.79 Å². The van der Waals surface area contributed by atoms with Gasteiger partial charge in [-0.15, -0.1) is 0 Å². The van der Waals surface area contributed by atoms with Gasteiger partial charge >= 0.3 is 6.03 Å². The number of carbonyl (C=O) groups is 2. The van der Waals surface area contributed by atoms with E-state index in [0.717, 1.165) is 31.4 Å². The molecule has 1 saturated heterocycles. The Morgan fingerprint density at radius 3 is 2.52 bits per heavy atom. The number of rotatable bonds is 5. The molecule has 0 unspecified atom stereocenters. The van der Waals surface area contributed by atoms with Crippen molar-refractivity contribution >= 4 is 17.6 Å². The quantitative estimate of drug-likeness (QED) is 0.861. The number of carbonyl (C=O) groups excluding carboxylic acids is 2. The molecule has 1 aliphatic carbocycles.